The molecule has 10 heteroatoms. The molecule has 0 aliphatic carbocycles. The van der Waals surface area contributed by atoms with Gasteiger partial charge in [0.25, 0.3) is 0 Å². The summed E-state index contributed by atoms with van der Waals surface area (Å²) in [6, 6.07) is 1.52. The summed E-state index contributed by atoms with van der Waals surface area (Å²) in [7, 11) is -1.94. The van der Waals surface area contributed by atoms with Crippen LogP contribution in [0.1, 0.15) is 33.4 Å². The molecule has 2 N–H and O–H groups in total. The SMILES string of the molecule is CC(C)(C)[Si](C)(C)OC[C@H]1O[C@@H](n2ccc(N)nc2=O)C[C@@H]1[O-].[Cl-].[Mg+2]. The molecule has 0 aromatic carbocycles. The largest absolute Gasteiger partial charge is 2.00 e. The molecule has 1 aliphatic heterocycles. The summed E-state index contributed by atoms with van der Waals surface area (Å²) in [5, 5.41) is 12.3. The Bertz CT molecular complexity index is 624. The quantitative estimate of drug-likeness (QED) is 0.561. The Kier molecular flexibility index (Phi) is 9.10. The molecule has 138 valence electrons. The summed E-state index contributed by atoms with van der Waals surface area (Å²) >= 11 is 0. The van der Waals surface area contributed by atoms with E-state index in [9.17, 15) is 9.90 Å². The van der Waals surface area contributed by atoms with Crippen LogP contribution in [0.25, 0.3) is 0 Å². The summed E-state index contributed by atoms with van der Waals surface area (Å²) in [6.07, 6.45) is -0.352. The van der Waals surface area contributed by atoms with E-state index in [1.165, 1.54) is 16.8 Å². The van der Waals surface area contributed by atoms with Gasteiger partial charge in [-0.2, -0.15) is 4.98 Å². The van der Waals surface area contributed by atoms with Gasteiger partial charge < -0.3 is 32.4 Å². The number of halogens is 1. The van der Waals surface area contributed by atoms with Gasteiger partial charge in [0.2, 0.25) is 0 Å². The minimum atomic E-state index is -1.94. The number of anilines is 1. The van der Waals surface area contributed by atoms with E-state index in [0.717, 1.165) is 0 Å². The molecule has 2 rings (SSSR count). The van der Waals surface area contributed by atoms with Crippen molar-refractivity contribution < 1.29 is 26.7 Å². The number of nitrogens with zero attached hydrogens (tertiary/aromatic N) is 2. The van der Waals surface area contributed by atoms with Crippen LogP contribution in [0.4, 0.5) is 5.82 Å². The second-order valence-corrected chi connectivity index (χ2v) is 12.3. The van der Waals surface area contributed by atoms with Crippen LogP contribution in [-0.2, 0) is 9.16 Å². The zero-order chi connectivity index (χ0) is 17.4. The maximum atomic E-state index is 12.2. The van der Waals surface area contributed by atoms with Gasteiger partial charge in [0.15, 0.2) is 8.32 Å². The fraction of sp³-hybridized carbons (Fsp3) is 0.733. The van der Waals surface area contributed by atoms with Crippen LogP contribution in [0.2, 0.25) is 18.1 Å². The van der Waals surface area contributed by atoms with Gasteiger partial charge in [-0.05, 0) is 30.6 Å². The molecule has 1 aromatic rings. The molecule has 0 unspecified atom stereocenters. The fourth-order valence-electron chi connectivity index (χ4n) is 2.17. The van der Waals surface area contributed by atoms with Crippen LogP contribution in [0.15, 0.2) is 17.1 Å². The normalized spacial score (nSPS) is 23.7. The van der Waals surface area contributed by atoms with Crippen LogP contribution < -0.4 is 28.9 Å². The standard InChI is InChI=1S/C15H26N3O4Si.ClH.Mg/c1-15(2,3)23(4,5)21-9-11-10(19)8-13(22-11)18-7-6-12(16)17-14(18)20;;/h6-7,10-11,13H,8-9H2,1-5H3,(H2,16,17,20);1H;/q-1;;+2/p-1/t10-,11+,13+;;/m0../s1. The van der Waals surface area contributed by atoms with Gasteiger partial charge in [-0.3, -0.25) is 4.57 Å². The van der Waals surface area contributed by atoms with Crippen molar-refractivity contribution in [1.82, 2.24) is 9.55 Å². The molecule has 0 radical (unpaired) electrons. The van der Waals surface area contributed by atoms with E-state index >= 15 is 0 Å². The molecule has 1 saturated heterocycles. The first-order valence-corrected chi connectivity index (χ1v) is 10.7. The molecule has 0 saturated carbocycles. The van der Waals surface area contributed by atoms with Gasteiger partial charge in [0.1, 0.15) is 12.0 Å². The molecule has 25 heavy (non-hydrogen) atoms. The molecule has 1 aromatic heterocycles. The molecule has 3 atom stereocenters. The summed E-state index contributed by atoms with van der Waals surface area (Å²) < 4.78 is 13.1. The summed E-state index contributed by atoms with van der Waals surface area (Å²) in [6.45, 7) is 11.0. The third-order valence-corrected chi connectivity index (χ3v) is 9.26. The topological polar surface area (TPSA) is 102 Å². The summed E-state index contributed by atoms with van der Waals surface area (Å²) in [5.41, 5.74) is 4.97. The van der Waals surface area contributed by atoms with Crippen molar-refractivity contribution in [3.05, 3.63) is 22.7 Å². The van der Waals surface area contributed by atoms with E-state index in [0.29, 0.717) is 0 Å². The molecule has 0 bridgehead atoms. The monoisotopic (exact) mass is 399 g/mol. The number of nitrogens with two attached hydrogens (primary N) is 1. The van der Waals surface area contributed by atoms with Crippen LogP contribution in [0.5, 0.6) is 0 Å². The molecule has 1 aliphatic rings. The van der Waals surface area contributed by atoms with Gasteiger partial charge in [-0.15, -0.1) is 0 Å². The van der Waals surface area contributed by atoms with Crippen LogP contribution in [0, 0.1) is 0 Å². The Morgan fingerprint density at radius 1 is 1.48 bits per heavy atom. The summed E-state index contributed by atoms with van der Waals surface area (Å²) in [5.74, 6) is 0.153. The minimum absolute atomic E-state index is 0. The van der Waals surface area contributed by atoms with E-state index in [2.05, 4.69) is 38.8 Å². The first-order valence-electron chi connectivity index (χ1n) is 7.81. The Labute approximate surface area is 172 Å². The van der Waals surface area contributed by atoms with Crippen LogP contribution >= 0.6 is 0 Å². The predicted octanol–water partition coefficient (Wildman–Crippen LogP) is -2.51. The van der Waals surface area contributed by atoms with Crippen molar-refractivity contribution in [2.45, 2.75) is 63.8 Å². The van der Waals surface area contributed by atoms with E-state index in [1.807, 2.05) is 0 Å². The molecule has 0 amide bonds. The fourth-order valence-corrected chi connectivity index (χ4v) is 3.19. The van der Waals surface area contributed by atoms with E-state index in [-0.39, 0.29) is 59.3 Å². The van der Waals surface area contributed by atoms with Gasteiger partial charge in [0.05, 0.1) is 12.7 Å². The molecule has 2 heterocycles. The Morgan fingerprint density at radius 3 is 2.60 bits per heavy atom. The van der Waals surface area contributed by atoms with E-state index in [4.69, 9.17) is 14.9 Å². The van der Waals surface area contributed by atoms with Crippen molar-refractivity contribution in [3.63, 3.8) is 0 Å². The van der Waals surface area contributed by atoms with Crippen LogP contribution in [-0.4, -0.2) is 59.7 Å². The number of hydrogen-bond donors (Lipinski definition) is 1. The molecule has 1 fully saturated rings. The number of hydrogen-bond acceptors (Lipinski definition) is 6. The second kappa shape index (κ2) is 9.16. The average molecular weight is 400 g/mol. The van der Waals surface area contributed by atoms with Gasteiger partial charge in [0, 0.05) is 6.20 Å². The zero-order valence-electron chi connectivity index (χ0n) is 15.5. The smallest absolute Gasteiger partial charge is 1.00 e. The second-order valence-electron chi connectivity index (χ2n) is 7.52. The number of aromatic nitrogens is 2. The molecule has 0 spiro atoms. The third-order valence-electron chi connectivity index (χ3n) is 4.76. The molecular formula is C15H26ClMgN3O4Si. The van der Waals surface area contributed by atoms with Gasteiger partial charge in [-0.1, -0.05) is 26.9 Å². The maximum absolute atomic E-state index is 12.2. The first kappa shape index (κ1) is 24.8. The summed E-state index contributed by atoms with van der Waals surface area (Å²) in [4.78, 5) is 15.5. The van der Waals surface area contributed by atoms with E-state index in [1.54, 1.807) is 0 Å². The third kappa shape index (κ3) is 5.91. The van der Waals surface area contributed by atoms with Gasteiger partial charge >= 0.3 is 28.7 Å². The van der Waals surface area contributed by atoms with Crippen LogP contribution in [0.3, 0.4) is 0 Å². The Morgan fingerprint density at radius 2 is 2.08 bits per heavy atom. The van der Waals surface area contributed by atoms with Crippen molar-refractivity contribution in [2.24, 2.45) is 0 Å². The van der Waals surface area contributed by atoms with E-state index < -0.39 is 32.4 Å². The zero-order valence-corrected chi connectivity index (χ0v) is 18.7. The predicted molar refractivity (Wildman–Crippen MR) is 94.1 cm³/mol. The molecular weight excluding hydrogens is 374 g/mol. The Hall–Kier alpha value is -0.167. The maximum Gasteiger partial charge on any atom is 2.00 e. The Balaban J connectivity index is 0.00000288. The molecule has 7 nitrogen and oxygen atoms in total. The average Bonchev–Trinajstić information content (AvgIpc) is 2.76. The van der Waals surface area contributed by atoms with Crippen molar-refractivity contribution in [1.29, 1.82) is 0 Å². The number of nitrogen functional groups attached to an aromatic ring is 1. The number of ether oxygens (including phenoxy) is 1. The van der Waals surface area contributed by atoms with Gasteiger partial charge in [-0.25, -0.2) is 4.79 Å². The first-order chi connectivity index (χ1) is 10.5. The number of rotatable bonds is 4. The van der Waals surface area contributed by atoms with Crippen molar-refractivity contribution in [3.8, 4) is 0 Å². The van der Waals surface area contributed by atoms with Crippen molar-refractivity contribution >= 4 is 37.2 Å². The van der Waals surface area contributed by atoms with Crippen molar-refractivity contribution in [2.75, 3.05) is 12.3 Å². The minimum Gasteiger partial charge on any atom is -1.00 e.